The van der Waals surface area contributed by atoms with Gasteiger partial charge < -0.3 is 5.32 Å². The van der Waals surface area contributed by atoms with Crippen molar-refractivity contribution >= 4 is 74.3 Å². The van der Waals surface area contributed by atoms with Gasteiger partial charge in [0.15, 0.2) is 5.17 Å². The van der Waals surface area contributed by atoms with Crippen molar-refractivity contribution in [3.05, 3.63) is 57.1 Å². The predicted octanol–water partition coefficient (Wildman–Crippen LogP) is 4.53. The fourth-order valence-corrected chi connectivity index (χ4v) is 3.83. The molecule has 0 saturated carbocycles. The Morgan fingerprint density at radius 3 is 2.54 bits per heavy atom. The van der Waals surface area contributed by atoms with E-state index in [2.05, 4.69) is 32.9 Å². The Bertz CT molecular complexity index is 856. The minimum absolute atomic E-state index is 0.131. The molecule has 134 valence electrons. The first-order valence-electron chi connectivity index (χ1n) is 7.76. The maximum absolute atomic E-state index is 12.6. The third-order valence-corrected chi connectivity index (χ3v) is 5.94. The smallest absolute Gasteiger partial charge is 0.238 e. The number of amides is 2. The lowest BCUT2D eigenvalue weighted by molar-refractivity contribution is -0.128. The number of hydrogen-bond donors (Lipinski definition) is 1. The first kappa shape index (κ1) is 19.2. The van der Waals surface area contributed by atoms with Gasteiger partial charge in [-0.3, -0.25) is 14.5 Å². The zero-order chi connectivity index (χ0) is 18.7. The van der Waals surface area contributed by atoms with Crippen LogP contribution in [-0.4, -0.2) is 34.2 Å². The predicted molar refractivity (Wildman–Crippen MR) is 115 cm³/mol. The highest BCUT2D eigenvalue weighted by molar-refractivity contribution is 14.1. The molecule has 1 heterocycles. The number of carbonyl (C=O) groups excluding carboxylic acids is 2. The molecule has 5 nitrogen and oxygen atoms in total. The van der Waals surface area contributed by atoms with Crippen LogP contribution in [0.5, 0.6) is 0 Å². The highest BCUT2D eigenvalue weighted by atomic mass is 127. The Kier molecular flexibility index (Phi) is 6.20. The number of aliphatic imine (C=N–C) groups is 1. The highest BCUT2D eigenvalue weighted by Crippen LogP contribution is 2.29. The number of carbonyl (C=O) groups is 2. The first-order valence-corrected chi connectivity index (χ1v) is 10.1. The Morgan fingerprint density at radius 2 is 1.88 bits per heavy atom. The van der Waals surface area contributed by atoms with Gasteiger partial charge in [0, 0.05) is 27.7 Å². The van der Waals surface area contributed by atoms with Crippen molar-refractivity contribution in [2.75, 3.05) is 12.4 Å². The lowest BCUT2D eigenvalue weighted by atomic mass is 10.2. The van der Waals surface area contributed by atoms with Gasteiger partial charge >= 0.3 is 0 Å². The van der Waals surface area contributed by atoms with Crippen LogP contribution in [0.3, 0.4) is 0 Å². The number of nitrogens with one attached hydrogen (secondary N) is 1. The molecule has 8 heteroatoms. The summed E-state index contributed by atoms with van der Waals surface area (Å²) in [5.74, 6) is -0.363. The Morgan fingerprint density at radius 1 is 1.23 bits per heavy atom. The van der Waals surface area contributed by atoms with Gasteiger partial charge in [0.25, 0.3) is 0 Å². The summed E-state index contributed by atoms with van der Waals surface area (Å²) >= 11 is 9.36. The molecule has 1 atom stereocenters. The second kappa shape index (κ2) is 8.41. The van der Waals surface area contributed by atoms with E-state index in [1.165, 1.54) is 16.7 Å². The highest BCUT2D eigenvalue weighted by Gasteiger charge is 2.34. The van der Waals surface area contributed by atoms with E-state index in [1.807, 2.05) is 24.3 Å². The Balaban J connectivity index is 1.76. The Hall–Kier alpha value is -1.58. The van der Waals surface area contributed by atoms with Crippen LogP contribution in [0.4, 0.5) is 11.4 Å². The van der Waals surface area contributed by atoms with Crippen molar-refractivity contribution < 1.29 is 9.59 Å². The monoisotopic (exact) mass is 499 g/mol. The van der Waals surface area contributed by atoms with Crippen LogP contribution < -0.4 is 5.32 Å². The summed E-state index contributed by atoms with van der Waals surface area (Å²) in [5.41, 5.74) is 1.38. The third-order valence-electron chi connectivity index (χ3n) is 3.72. The molecule has 0 aliphatic carbocycles. The molecule has 0 bridgehead atoms. The molecule has 1 saturated heterocycles. The van der Waals surface area contributed by atoms with Crippen LogP contribution in [0.2, 0.25) is 5.02 Å². The number of halogens is 2. The van der Waals surface area contributed by atoms with E-state index >= 15 is 0 Å². The topological polar surface area (TPSA) is 61.8 Å². The number of nitrogens with zero attached hydrogens (tertiary/aromatic N) is 2. The molecule has 2 aromatic carbocycles. The van der Waals surface area contributed by atoms with Crippen molar-refractivity contribution in [2.24, 2.45) is 4.99 Å². The molecule has 1 N–H and O–H groups in total. The van der Waals surface area contributed by atoms with Crippen LogP contribution in [-0.2, 0) is 9.59 Å². The average Bonchev–Trinajstić information content (AvgIpc) is 2.62. The summed E-state index contributed by atoms with van der Waals surface area (Å²) in [5, 5.41) is 3.40. The summed E-state index contributed by atoms with van der Waals surface area (Å²) in [6.07, 6.45) is 0.131. The molecule has 2 amide bonds. The maximum Gasteiger partial charge on any atom is 0.238 e. The third kappa shape index (κ3) is 4.77. The van der Waals surface area contributed by atoms with E-state index in [-0.39, 0.29) is 18.2 Å². The van der Waals surface area contributed by atoms with Crippen LogP contribution in [0.25, 0.3) is 0 Å². The van der Waals surface area contributed by atoms with E-state index in [0.29, 0.717) is 15.9 Å². The largest absolute Gasteiger partial charge is 0.325 e. The molecule has 0 radical (unpaired) electrons. The lowest BCUT2D eigenvalue weighted by Gasteiger charge is -2.28. The normalized spacial score (nSPS) is 18.9. The SMILES string of the molecule is CN1C(=O)C[C@H](C(=O)Nc2ccc(Cl)cc2)SC1=Nc1ccc(I)cc1. The van der Waals surface area contributed by atoms with Crippen molar-refractivity contribution in [3.63, 3.8) is 0 Å². The van der Waals surface area contributed by atoms with E-state index in [9.17, 15) is 9.59 Å². The van der Waals surface area contributed by atoms with E-state index < -0.39 is 5.25 Å². The molecule has 1 aliphatic rings. The Labute approximate surface area is 174 Å². The molecule has 0 spiro atoms. The number of thioether (sulfide) groups is 1. The number of amidine groups is 1. The van der Waals surface area contributed by atoms with Crippen LogP contribution in [0, 0.1) is 3.57 Å². The molecular formula is C18H15ClIN3O2S. The number of benzene rings is 2. The maximum atomic E-state index is 12.6. The van der Waals surface area contributed by atoms with Crippen molar-refractivity contribution in [1.29, 1.82) is 0 Å². The van der Waals surface area contributed by atoms with Crippen LogP contribution in [0.1, 0.15) is 6.42 Å². The number of hydrogen-bond acceptors (Lipinski definition) is 4. The van der Waals surface area contributed by atoms with Gasteiger partial charge in [-0.2, -0.15) is 0 Å². The number of anilines is 1. The molecule has 2 aromatic rings. The fraction of sp³-hybridized carbons (Fsp3) is 0.167. The molecule has 0 aromatic heterocycles. The van der Waals surface area contributed by atoms with Gasteiger partial charge in [0.1, 0.15) is 5.25 Å². The molecule has 1 fully saturated rings. The van der Waals surface area contributed by atoms with E-state index in [4.69, 9.17) is 11.6 Å². The van der Waals surface area contributed by atoms with Crippen LogP contribution >= 0.6 is 46.0 Å². The van der Waals surface area contributed by atoms with E-state index in [0.717, 1.165) is 9.26 Å². The molecular weight excluding hydrogens is 485 g/mol. The number of rotatable bonds is 3. The molecule has 1 aliphatic heterocycles. The molecule has 0 unspecified atom stereocenters. The van der Waals surface area contributed by atoms with Crippen molar-refractivity contribution in [1.82, 2.24) is 4.90 Å². The van der Waals surface area contributed by atoms with Gasteiger partial charge in [-0.05, 0) is 71.1 Å². The standard InChI is InChI=1S/C18H15ClIN3O2S/c1-23-16(24)10-15(17(25)21-13-6-2-11(19)3-7-13)26-18(23)22-14-8-4-12(20)5-9-14/h2-9,15H,10H2,1H3,(H,21,25)/t15-/m1/s1. The molecule has 26 heavy (non-hydrogen) atoms. The molecule has 3 rings (SSSR count). The lowest BCUT2D eigenvalue weighted by Crippen LogP contribution is -2.43. The van der Waals surface area contributed by atoms with Gasteiger partial charge in [0.05, 0.1) is 5.69 Å². The minimum Gasteiger partial charge on any atom is -0.325 e. The second-order valence-electron chi connectivity index (χ2n) is 5.63. The fourth-order valence-electron chi connectivity index (χ4n) is 2.28. The quantitative estimate of drug-likeness (QED) is 0.631. The summed E-state index contributed by atoms with van der Waals surface area (Å²) in [6, 6.07) is 14.5. The van der Waals surface area contributed by atoms with Crippen molar-refractivity contribution in [3.8, 4) is 0 Å². The first-order chi connectivity index (χ1) is 12.4. The minimum atomic E-state index is -0.531. The zero-order valence-electron chi connectivity index (χ0n) is 13.8. The van der Waals surface area contributed by atoms with E-state index in [1.54, 1.807) is 31.3 Å². The van der Waals surface area contributed by atoms with Crippen molar-refractivity contribution in [2.45, 2.75) is 11.7 Å². The van der Waals surface area contributed by atoms with Gasteiger partial charge in [0.2, 0.25) is 11.8 Å². The summed E-state index contributed by atoms with van der Waals surface area (Å²) in [6.45, 7) is 0. The van der Waals surface area contributed by atoms with Gasteiger partial charge in [-0.15, -0.1) is 0 Å². The summed E-state index contributed by atoms with van der Waals surface area (Å²) in [4.78, 5) is 30.9. The average molecular weight is 500 g/mol. The van der Waals surface area contributed by atoms with Gasteiger partial charge in [-0.25, -0.2) is 4.99 Å². The summed E-state index contributed by atoms with van der Waals surface area (Å²) < 4.78 is 1.10. The van der Waals surface area contributed by atoms with Crippen LogP contribution in [0.15, 0.2) is 53.5 Å². The summed E-state index contributed by atoms with van der Waals surface area (Å²) in [7, 11) is 1.67. The van der Waals surface area contributed by atoms with Gasteiger partial charge in [-0.1, -0.05) is 23.4 Å². The zero-order valence-corrected chi connectivity index (χ0v) is 17.5. The second-order valence-corrected chi connectivity index (χ2v) is 8.48.